The quantitative estimate of drug-likeness (QED) is 0.614. The number of Topliss-reactive ketones (excluding diaryl/α,β-unsaturated/α-hetero) is 1. The van der Waals surface area contributed by atoms with Gasteiger partial charge < -0.3 is 14.2 Å². The first-order chi connectivity index (χ1) is 15.1. The van der Waals surface area contributed by atoms with Crippen LogP contribution < -0.4 is 9.47 Å². The molecule has 0 spiro atoms. The van der Waals surface area contributed by atoms with Crippen LogP contribution in [0.5, 0.6) is 11.5 Å². The smallest absolute Gasteiger partial charge is 0.231 e. The molecule has 2 aromatic rings. The lowest BCUT2D eigenvalue weighted by atomic mass is 10.00. The summed E-state index contributed by atoms with van der Waals surface area (Å²) in [5.41, 5.74) is 3.49. The SMILES string of the molecule is Cc1c2c(cc3c1O/C(=C\c1ccc(Br)cc1)C3=O)CN(CCN1CCOCC1)CO2. The van der Waals surface area contributed by atoms with Gasteiger partial charge in [-0.25, -0.2) is 0 Å². The molecule has 3 heterocycles. The van der Waals surface area contributed by atoms with Crippen molar-refractivity contribution in [3.63, 3.8) is 0 Å². The highest BCUT2D eigenvalue weighted by Gasteiger charge is 2.33. The number of morpholine rings is 1. The standard InChI is InChI=1S/C24H25BrN2O4/c1-16-23-18(14-27(15-30-23)7-6-26-8-10-29-11-9-26)13-20-22(28)21(31-24(16)20)12-17-2-4-19(25)5-3-17/h2-5,12-13H,6-11,14-15H2,1H3/b21-12-. The van der Waals surface area contributed by atoms with Crippen molar-refractivity contribution in [1.29, 1.82) is 0 Å². The summed E-state index contributed by atoms with van der Waals surface area (Å²) in [7, 11) is 0. The zero-order chi connectivity index (χ0) is 21.4. The minimum absolute atomic E-state index is 0.0748. The third-order valence-corrected chi connectivity index (χ3v) is 6.53. The van der Waals surface area contributed by atoms with Gasteiger partial charge in [0.15, 0.2) is 5.76 Å². The summed E-state index contributed by atoms with van der Waals surface area (Å²) in [5.74, 6) is 1.74. The first-order valence-corrected chi connectivity index (χ1v) is 11.4. The summed E-state index contributed by atoms with van der Waals surface area (Å²) in [6.07, 6.45) is 1.79. The molecule has 0 radical (unpaired) electrons. The second kappa shape index (κ2) is 8.74. The average molecular weight is 485 g/mol. The van der Waals surface area contributed by atoms with Gasteiger partial charge in [-0.2, -0.15) is 0 Å². The van der Waals surface area contributed by atoms with Crippen molar-refractivity contribution >= 4 is 27.8 Å². The van der Waals surface area contributed by atoms with E-state index in [1.807, 2.05) is 37.3 Å². The summed E-state index contributed by atoms with van der Waals surface area (Å²) in [5, 5.41) is 0. The molecule has 162 valence electrons. The Hall–Kier alpha value is -2.19. The normalized spacial score (nSPS) is 20.3. The Labute approximate surface area is 190 Å². The van der Waals surface area contributed by atoms with E-state index in [0.29, 0.717) is 23.8 Å². The fourth-order valence-corrected chi connectivity index (χ4v) is 4.52. The number of hydrogen-bond donors (Lipinski definition) is 0. The van der Waals surface area contributed by atoms with Crippen LogP contribution in [-0.4, -0.2) is 61.7 Å². The van der Waals surface area contributed by atoms with E-state index < -0.39 is 0 Å². The Balaban J connectivity index is 1.33. The molecule has 0 aromatic heterocycles. The molecule has 0 amide bonds. The van der Waals surface area contributed by atoms with Crippen LogP contribution in [0, 0.1) is 6.92 Å². The molecule has 6 nitrogen and oxygen atoms in total. The van der Waals surface area contributed by atoms with Crippen LogP contribution in [0.25, 0.3) is 6.08 Å². The lowest BCUT2D eigenvalue weighted by Gasteiger charge is -2.33. The molecule has 2 aromatic carbocycles. The monoisotopic (exact) mass is 484 g/mol. The predicted octanol–water partition coefficient (Wildman–Crippen LogP) is 3.86. The third kappa shape index (κ3) is 4.28. The molecule has 3 aliphatic heterocycles. The van der Waals surface area contributed by atoms with E-state index in [1.165, 1.54) is 0 Å². The molecule has 0 unspecified atom stereocenters. The van der Waals surface area contributed by atoms with E-state index in [2.05, 4.69) is 25.7 Å². The van der Waals surface area contributed by atoms with Crippen molar-refractivity contribution in [3.05, 3.63) is 62.8 Å². The van der Waals surface area contributed by atoms with Gasteiger partial charge >= 0.3 is 0 Å². The zero-order valence-corrected chi connectivity index (χ0v) is 19.1. The number of carbonyl (C=O) groups is 1. The van der Waals surface area contributed by atoms with Gasteiger partial charge in [0, 0.05) is 48.3 Å². The van der Waals surface area contributed by atoms with Gasteiger partial charge in [-0.05, 0) is 36.8 Å². The van der Waals surface area contributed by atoms with Crippen LogP contribution in [0.2, 0.25) is 0 Å². The highest BCUT2D eigenvalue weighted by Crippen LogP contribution is 2.43. The number of ketones is 1. The predicted molar refractivity (Wildman–Crippen MR) is 121 cm³/mol. The molecule has 0 bridgehead atoms. The van der Waals surface area contributed by atoms with E-state index in [0.717, 1.165) is 72.9 Å². The van der Waals surface area contributed by atoms with E-state index in [-0.39, 0.29) is 5.78 Å². The Kier molecular flexibility index (Phi) is 5.84. The highest BCUT2D eigenvalue weighted by atomic mass is 79.9. The van der Waals surface area contributed by atoms with E-state index in [4.69, 9.17) is 14.2 Å². The molecule has 0 atom stereocenters. The van der Waals surface area contributed by atoms with E-state index in [9.17, 15) is 4.79 Å². The van der Waals surface area contributed by atoms with Crippen LogP contribution >= 0.6 is 15.9 Å². The maximum atomic E-state index is 13.0. The molecule has 0 N–H and O–H groups in total. The van der Waals surface area contributed by atoms with Crippen molar-refractivity contribution < 1.29 is 19.0 Å². The van der Waals surface area contributed by atoms with Crippen LogP contribution in [-0.2, 0) is 11.3 Å². The summed E-state index contributed by atoms with van der Waals surface area (Å²) >= 11 is 3.43. The number of nitrogens with zero attached hydrogens (tertiary/aromatic N) is 2. The van der Waals surface area contributed by atoms with Crippen LogP contribution in [0.15, 0.2) is 40.6 Å². The molecule has 0 saturated carbocycles. The summed E-state index contributed by atoms with van der Waals surface area (Å²) in [6.45, 7) is 8.79. The molecule has 1 fully saturated rings. The Morgan fingerprint density at radius 2 is 1.81 bits per heavy atom. The fourth-order valence-electron chi connectivity index (χ4n) is 4.26. The number of benzene rings is 2. The number of rotatable bonds is 4. The summed E-state index contributed by atoms with van der Waals surface area (Å²) < 4.78 is 18.5. The maximum absolute atomic E-state index is 13.0. The van der Waals surface area contributed by atoms with Crippen molar-refractivity contribution in [2.45, 2.75) is 13.5 Å². The Morgan fingerprint density at radius 1 is 1.06 bits per heavy atom. The van der Waals surface area contributed by atoms with Crippen LogP contribution in [0.1, 0.15) is 27.0 Å². The molecule has 0 aliphatic carbocycles. The number of fused-ring (bicyclic) bond motifs is 2. The summed E-state index contributed by atoms with van der Waals surface area (Å²) in [4.78, 5) is 17.7. The van der Waals surface area contributed by atoms with Gasteiger partial charge in [-0.3, -0.25) is 14.6 Å². The Bertz CT molecular complexity index is 1030. The topological polar surface area (TPSA) is 51.2 Å². The third-order valence-electron chi connectivity index (χ3n) is 6.01. The Morgan fingerprint density at radius 3 is 2.58 bits per heavy atom. The van der Waals surface area contributed by atoms with Crippen LogP contribution in [0.3, 0.4) is 0 Å². The number of hydrogen-bond acceptors (Lipinski definition) is 6. The fraction of sp³-hybridized carbons (Fsp3) is 0.375. The van der Waals surface area contributed by atoms with Gasteiger partial charge in [0.25, 0.3) is 0 Å². The summed E-state index contributed by atoms with van der Waals surface area (Å²) in [6, 6.07) is 9.74. The number of allylic oxidation sites excluding steroid dienone is 1. The largest absolute Gasteiger partial charge is 0.477 e. The first-order valence-electron chi connectivity index (χ1n) is 10.6. The average Bonchev–Trinajstić information content (AvgIpc) is 3.10. The number of halogens is 1. The minimum atomic E-state index is -0.0748. The van der Waals surface area contributed by atoms with Crippen LogP contribution in [0.4, 0.5) is 0 Å². The molecular weight excluding hydrogens is 460 g/mol. The molecule has 3 aliphatic rings. The molecule has 31 heavy (non-hydrogen) atoms. The van der Waals surface area contributed by atoms with Gasteiger partial charge in [-0.1, -0.05) is 28.1 Å². The van der Waals surface area contributed by atoms with Crippen molar-refractivity contribution in [1.82, 2.24) is 9.80 Å². The maximum Gasteiger partial charge on any atom is 0.231 e. The number of carbonyl (C=O) groups excluding carboxylic acids is 1. The van der Waals surface area contributed by atoms with Crippen molar-refractivity contribution in [2.75, 3.05) is 46.1 Å². The minimum Gasteiger partial charge on any atom is -0.477 e. The van der Waals surface area contributed by atoms with Crippen molar-refractivity contribution in [3.8, 4) is 11.5 Å². The van der Waals surface area contributed by atoms with Gasteiger partial charge in [0.05, 0.1) is 18.8 Å². The van der Waals surface area contributed by atoms with Gasteiger partial charge in [0.2, 0.25) is 5.78 Å². The van der Waals surface area contributed by atoms with Gasteiger partial charge in [-0.15, -0.1) is 0 Å². The molecular formula is C24H25BrN2O4. The molecule has 7 heteroatoms. The van der Waals surface area contributed by atoms with E-state index >= 15 is 0 Å². The first kappa shape index (κ1) is 20.7. The molecule has 5 rings (SSSR count). The van der Waals surface area contributed by atoms with Gasteiger partial charge in [0.1, 0.15) is 18.2 Å². The molecule has 1 saturated heterocycles. The van der Waals surface area contributed by atoms with E-state index in [1.54, 1.807) is 6.08 Å². The number of ether oxygens (including phenoxy) is 3. The van der Waals surface area contributed by atoms with Crippen molar-refractivity contribution in [2.24, 2.45) is 0 Å². The zero-order valence-electron chi connectivity index (χ0n) is 17.5. The lowest BCUT2D eigenvalue weighted by Crippen LogP contribution is -2.43. The second-order valence-electron chi connectivity index (χ2n) is 8.14. The highest BCUT2D eigenvalue weighted by molar-refractivity contribution is 9.10. The second-order valence-corrected chi connectivity index (χ2v) is 9.05. The lowest BCUT2D eigenvalue weighted by molar-refractivity contribution is 0.0239.